The molecule has 1 saturated heterocycles. The molecule has 0 aromatic heterocycles. The Balaban J connectivity index is 2.06. The van der Waals surface area contributed by atoms with Gasteiger partial charge in [-0.1, -0.05) is 30.3 Å². The average Bonchev–Trinajstić information content (AvgIpc) is 3.01. The first-order valence-corrected chi connectivity index (χ1v) is 7.54. The van der Waals surface area contributed by atoms with E-state index in [2.05, 4.69) is 0 Å². The summed E-state index contributed by atoms with van der Waals surface area (Å²) in [5.41, 5.74) is 0.695. The molecule has 0 spiro atoms. The van der Waals surface area contributed by atoms with E-state index in [1.54, 1.807) is 30.3 Å². The van der Waals surface area contributed by atoms with Gasteiger partial charge in [0.05, 0.1) is 6.42 Å². The number of carboxylic acids is 1. The standard InChI is InChI=1S/C16H18F3NO4/c17-16(18,19)8-9-20(10-11-4-2-1-3-5-11)14(21)12-6-7-13(24-12)15(22)23/h1-5,12-13H,6-10H2,(H,22,23)/t12-,13+/m0/s1. The van der Waals surface area contributed by atoms with Gasteiger partial charge < -0.3 is 14.7 Å². The second-order valence-corrected chi connectivity index (χ2v) is 5.64. The van der Waals surface area contributed by atoms with Crippen LogP contribution in [0.25, 0.3) is 0 Å². The number of alkyl halides is 3. The maximum absolute atomic E-state index is 12.5. The van der Waals surface area contributed by atoms with Crippen molar-refractivity contribution in [2.45, 2.75) is 44.2 Å². The molecule has 1 aromatic carbocycles. The van der Waals surface area contributed by atoms with Gasteiger partial charge in [0.1, 0.15) is 6.10 Å². The highest BCUT2D eigenvalue weighted by molar-refractivity contribution is 5.82. The van der Waals surface area contributed by atoms with Crippen molar-refractivity contribution in [3.05, 3.63) is 35.9 Å². The Hall–Kier alpha value is -2.09. The van der Waals surface area contributed by atoms with E-state index in [1.807, 2.05) is 0 Å². The van der Waals surface area contributed by atoms with Gasteiger partial charge in [-0.2, -0.15) is 13.2 Å². The summed E-state index contributed by atoms with van der Waals surface area (Å²) in [6.45, 7) is -0.470. The van der Waals surface area contributed by atoms with E-state index in [0.29, 0.717) is 5.56 Å². The first-order valence-electron chi connectivity index (χ1n) is 7.54. The first kappa shape index (κ1) is 18.3. The van der Waals surface area contributed by atoms with Crippen molar-refractivity contribution in [2.75, 3.05) is 6.54 Å². The summed E-state index contributed by atoms with van der Waals surface area (Å²) >= 11 is 0. The summed E-state index contributed by atoms with van der Waals surface area (Å²) in [6.07, 6.45) is -7.24. The van der Waals surface area contributed by atoms with Gasteiger partial charge in [0.2, 0.25) is 0 Å². The first-order chi connectivity index (χ1) is 11.3. The van der Waals surface area contributed by atoms with Crippen LogP contribution in [-0.2, 0) is 20.9 Å². The molecule has 0 aliphatic carbocycles. The maximum atomic E-state index is 12.5. The third kappa shape index (κ3) is 5.23. The van der Waals surface area contributed by atoms with E-state index in [0.717, 1.165) is 4.90 Å². The molecule has 5 nitrogen and oxygen atoms in total. The molecule has 24 heavy (non-hydrogen) atoms. The Morgan fingerprint density at radius 3 is 2.33 bits per heavy atom. The molecule has 1 fully saturated rings. The smallest absolute Gasteiger partial charge is 0.390 e. The van der Waals surface area contributed by atoms with E-state index in [9.17, 15) is 22.8 Å². The SMILES string of the molecule is O=C(O)[C@H]1CC[C@@H](C(=O)N(CCC(F)(F)F)Cc2ccccc2)O1. The average molecular weight is 345 g/mol. The van der Waals surface area contributed by atoms with E-state index < -0.39 is 43.2 Å². The fraction of sp³-hybridized carbons (Fsp3) is 0.500. The molecule has 0 radical (unpaired) electrons. The number of carboxylic acid groups (broad SMARTS) is 1. The molecule has 0 bridgehead atoms. The minimum absolute atomic E-state index is 0.0212. The van der Waals surface area contributed by atoms with Crippen LogP contribution >= 0.6 is 0 Å². The Bertz CT molecular complexity index is 576. The van der Waals surface area contributed by atoms with Crippen molar-refractivity contribution in [1.29, 1.82) is 0 Å². The Morgan fingerprint density at radius 1 is 1.17 bits per heavy atom. The largest absolute Gasteiger partial charge is 0.479 e. The zero-order chi connectivity index (χ0) is 17.7. The van der Waals surface area contributed by atoms with E-state index in [4.69, 9.17) is 9.84 Å². The number of hydrogen-bond acceptors (Lipinski definition) is 3. The lowest BCUT2D eigenvalue weighted by Gasteiger charge is -2.26. The van der Waals surface area contributed by atoms with Crippen molar-refractivity contribution >= 4 is 11.9 Å². The summed E-state index contributed by atoms with van der Waals surface area (Å²) in [5, 5.41) is 8.90. The maximum Gasteiger partial charge on any atom is 0.390 e. The second-order valence-electron chi connectivity index (χ2n) is 5.64. The van der Waals surface area contributed by atoms with Crippen molar-refractivity contribution in [1.82, 2.24) is 4.90 Å². The van der Waals surface area contributed by atoms with E-state index in [1.165, 1.54) is 0 Å². The van der Waals surface area contributed by atoms with Gasteiger partial charge >= 0.3 is 12.1 Å². The third-order valence-electron chi connectivity index (χ3n) is 3.76. The number of aliphatic carboxylic acids is 1. The molecule has 2 atom stereocenters. The molecule has 1 amide bonds. The molecule has 1 aromatic rings. The normalized spacial score (nSPS) is 20.8. The fourth-order valence-corrected chi connectivity index (χ4v) is 2.54. The topological polar surface area (TPSA) is 66.8 Å². The molecule has 132 valence electrons. The summed E-state index contributed by atoms with van der Waals surface area (Å²) in [4.78, 5) is 24.4. The summed E-state index contributed by atoms with van der Waals surface area (Å²) in [7, 11) is 0. The van der Waals surface area contributed by atoms with Gasteiger partial charge in [0.15, 0.2) is 6.10 Å². The minimum Gasteiger partial charge on any atom is -0.479 e. The molecule has 1 aliphatic heterocycles. The lowest BCUT2D eigenvalue weighted by Crippen LogP contribution is -2.41. The zero-order valence-electron chi connectivity index (χ0n) is 12.8. The molecule has 1 N–H and O–H groups in total. The van der Waals surface area contributed by atoms with Gasteiger partial charge in [0.25, 0.3) is 5.91 Å². The number of ether oxygens (including phenoxy) is 1. The molecular formula is C16H18F3NO4. The summed E-state index contributed by atoms with van der Waals surface area (Å²) < 4.78 is 42.7. The molecular weight excluding hydrogens is 327 g/mol. The van der Waals surface area contributed by atoms with Gasteiger partial charge in [-0.15, -0.1) is 0 Å². The lowest BCUT2D eigenvalue weighted by molar-refractivity contribution is -0.158. The number of halogens is 3. The van der Waals surface area contributed by atoms with Crippen LogP contribution in [0.1, 0.15) is 24.8 Å². The van der Waals surface area contributed by atoms with Crippen LogP contribution in [0.2, 0.25) is 0 Å². The van der Waals surface area contributed by atoms with Crippen LogP contribution in [0, 0.1) is 0 Å². The van der Waals surface area contributed by atoms with Crippen molar-refractivity contribution in [2.24, 2.45) is 0 Å². The van der Waals surface area contributed by atoms with Crippen LogP contribution in [0.5, 0.6) is 0 Å². The van der Waals surface area contributed by atoms with Gasteiger partial charge in [-0.25, -0.2) is 4.79 Å². The number of carbonyl (C=O) groups excluding carboxylic acids is 1. The Morgan fingerprint density at radius 2 is 1.79 bits per heavy atom. The number of amides is 1. The second kappa shape index (κ2) is 7.65. The molecule has 1 aliphatic rings. The van der Waals surface area contributed by atoms with Crippen LogP contribution < -0.4 is 0 Å². The van der Waals surface area contributed by atoms with Gasteiger partial charge in [-0.3, -0.25) is 4.79 Å². The third-order valence-corrected chi connectivity index (χ3v) is 3.76. The number of benzene rings is 1. The van der Waals surface area contributed by atoms with E-state index >= 15 is 0 Å². The van der Waals surface area contributed by atoms with Crippen LogP contribution in [0.3, 0.4) is 0 Å². The molecule has 8 heteroatoms. The van der Waals surface area contributed by atoms with Gasteiger partial charge in [0, 0.05) is 13.1 Å². The minimum atomic E-state index is -4.38. The number of nitrogens with zero attached hydrogens (tertiary/aromatic N) is 1. The fourth-order valence-electron chi connectivity index (χ4n) is 2.54. The molecule has 0 saturated carbocycles. The van der Waals surface area contributed by atoms with Crippen LogP contribution in [-0.4, -0.2) is 46.8 Å². The van der Waals surface area contributed by atoms with Crippen LogP contribution in [0.15, 0.2) is 30.3 Å². The monoisotopic (exact) mass is 345 g/mol. The predicted molar refractivity (Wildman–Crippen MR) is 78.1 cm³/mol. The predicted octanol–water partition coefficient (Wildman–Crippen LogP) is 2.60. The highest BCUT2D eigenvalue weighted by atomic mass is 19.4. The molecule has 2 rings (SSSR count). The molecule has 0 unspecified atom stereocenters. The van der Waals surface area contributed by atoms with Crippen molar-refractivity contribution in [3.8, 4) is 0 Å². The van der Waals surface area contributed by atoms with Gasteiger partial charge in [-0.05, 0) is 18.4 Å². The summed E-state index contributed by atoms with van der Waals surface area (Å²) in [5.74, 6) is -1.78. The van der Waals surface area contributed by atoms with Crippen LogP contribution in [0.4, 0.5) is 13.2 Å². The quantitative estimate of drug-likeness (QED) is 0.861. The number of carbonyl (C=O) groups is 2. The van der Waals surface area contributed by atoms with Crippen molar-refractivity contribution in [3.63, 3.8) is 0 Å². The highest BCUT2D eigenvalue weighted by Crippen LogP contribution is 2.25. The number of hydrogen-bond donors (Lipinski definition) is 1. The van der Waals surface area contributed by atoms with Crippen molar-refractivity contribution < 1.29 is 32.6 Å². The summed E-state index contributed by atoms with van der Waals surface area (Å²) in [6, 6.07) is 8.65. The highest BCUT2D eigenvalue weighted by Gasteiger charge is 2.38. The Labute approximate surface area is 137 Å². The molecule has 1 heterocycles. The van der Waals surface area contributed by atoms with E-state index in [-0.39, 0.29) is 19.4 Å². The Kier molecular flexibility index (Phi) is 5.82. The lowest BCUT2D eigenvalue weighted by atomic mass is 10.1. The number of rotatable bonds is 6. The zero-order valence-corrected chi connectivity index (χ0v) is 12.8.